The molecule has 0 bridgehead atoms. The van der Waals surface area contributed by atoms with Crippen LogP contribution in [0.2, 0.25) is 0 Å². The average Bonchev–Trinajstić information content (AvgIpc) is 2.32. The van der Waals surface area contributed by atoms with Gasteiger partial charge in [0, 0.05) is 23.4 Å². The van der Waals surface area contributed by atoms with Crippen molar-refractivity contribution in [2.24, 2.45) is 0 Å². The van der Waals surface area contributed by atoms with E-state index in [9.17, 15) is 0 Å². The van der Waals surface area contributed by atoms with Crippen LogP contribution in [0.3, 0.4) is 0 Å². The third-order valence-corrected chi connectivity index (χ3v) is 3.76. The Labute approximate surface area is 117 Å². The standard InChI is InChI=1S/C15H16IN/c1-11-4-9-15(16)14(10-11)12-5-7-13(8-6-12)17(2)3/h4-10H,1-3H3. The fourth-order valence-electron chi connectivity index (χ4n) is 1.80. The van der Waals surface area contributed by atoms with Crippen LogP contribution in [0.1, 0.15) is 5.56 Å². The summed E-state index contributed by atoms with van der Waals surface area (Å²) in [5.41, 5.74) is 5.13. The molecule has 0 saturated heterocycles. The lowest BCUT2D eigenvalue weighted by atomic mass is 10.0. The van der Waals surface area contributed by atoms with E-state index in [1.165, 1.54) is 25.9 Å². The lowest BCUT2D eigenvalue weighted by Crippen LogP contribution is -2.07. The predicted octanol–water partition coefficient (Wildman–Crippen LogP) is 4.33. The van der Waals surface area contributed by atoms with E-state index < -0.39 is 0 Å². The minimum Gasteiger partial charge on any atom is -0.378 e. The minimum atomic E-state index is 1.23. The first kappa shape index (κ1) is 12.4. The minimum absolute atomic E-state index is 1.23. The van der Waals surface area contributed by atoms with Gasteiger partial charge in [-0.2, -0.15) is 0 Å². The number of aryl methyl sites for hydroxylation is 1. The summed E-state index contributed by atoms with van der Waals surface area (Å²) in [6.07, 6.45) is 0. The van der Waals surface area contributed by atoms with Gasteiger partial charge in [-0.3, -0.25) is 0 Å². The molecular weight excluding hydrogens is 321 g/mol. The van der Waals surface area contributed by atoms with Gasteiger partial charge in [-0.1, -0.05) is 29.8 Å². The lowest BCUT2D eigenvalue weighted by Gasteiger charge is -2.13. The number of rotatable bonds is 2. The maximum atomic E-state index is 2.39. The zero-order valence-electron chi connectivity index (χ0n) is 10.4. The maximum absolute atomic E-state index is 2.39. The van der Waals surface area contributed by atoms with Crippen molar-refractivity contribution in [3.8, 4) is 11.1 Å². The largest absolute Gasteiger partial charge is 0.378 e. The highest BCUT2D eigenvalue weighted by atomic mass is 127. The lowest BCUT2D eigenvalue weighted by molar-refractivity contribution is 1.13. The summed E-state index contributed by atoms with van der Waals surface area (Å²) in [6, 6.07) is 15.3. The number of halogens is 1. The van der Waals surface area contributed by atoms with Crippen molar-refractivity contribution in [3.63, 3.8) is 0 Å². The van der Waals surface area contributed by atoms with Crippen LogP contribution < -0.4 is 4.90 Å². The van der Waals surface area contributed by atoms with Gasteiger partial charge in [0.2, 0.25) is 0 Å². The number of hydrogen-bond acceptors (Lipinski definition) is 1. The van der Waals surface area contributed by atoms with Crippen LogP contribution in [0.5, 0.6) is 0 Å². The van der Waals surface area contributed by atoms with Crippen LogP contribution in [-0.2, 0) is 0 Å². The number of hydrogen-bond donors (Lipinski definition) is 0. The molecule has 2 rings (SSSR count). The van der Waals surface area contributed by atoms with Gasteiger partial charge in [0.1, 0.15) is 0 Å². The van der Waals surface area contributed by atoms with Crippen LogP contribution in [-0.4, -0.2) is 14.1 Å². The van der Waals surface area contributed by atoms with Crippen LogP contribution in [0, 0.1) is 10.5 Å². The van der Waals surface area contributed by atoms with Crippen LogP contribution >= 0.6 is 22.6 Å². The molecule has 0 heterocycles. The Balaban J connectivity index is 2.43. The summed E-state index contributed by atoms with van der Waals surface area (Å²) in [6.45, 7) is 2.13. The predicted molar refractivity (Wildman–Crippen MR) is 83.7 cm³/mol. The summed E-state index contributed by atoms with van der Waals surface area (Å²) < 4.78 is 1.30. The van der Waals surface area contributed by atoms with E-state index in [0.29, 0.717) is 0 Å². The smallest absolute Gasteiger partial charge is 0.0361 e. The highest BCUT2D eigenvalue weighted by Gasteiger charge is 2.03. The van der Waals surface area contributed by atoms with Gasteiger partial charge >= 0.3 is 0 Å². The second kappa shape index (κ2) is 5.08. The van der Waals surface area contributed by atoms with Crippen molar-refractivity contribution >= 4 is 28.3 Å². The third-order valence-electron chi connectivity index (χ3n) is 2.82. The van der Waals surface area contributed by atoms with Gasteiger partial charge in [-0.15, -0.1) is 0 Å². The van der Waals surface area contributed by atoms with Crippen LogP contribution in [0.25, 0.3) is 11.1 Å². The molecule has 0 unspecified atom stereocenters. The highest BCUT2D eigenvalue weighted by molar-refractivity contribution is 14.1. The Morgan fingerprint density at radius 2 is 1.59 bits per heavy atom. The molecule has 1 nitrogen and oxygen atoms in total. The normalized spacial score (nSPS) is 10.4. The summed E-state index contributed by atoms with van der Waals surface area (Å²) >= 11 is 2.39. The third kappa shape index (κ3) is 2.80. The van der Waals surface area contributed by atoms with Gasteiger partial charge in [0.15, 0.2) is 0 Å². The summed E-state index contributed by atoms with van der Waals surface area (Å²) in [7, 11) is 4.12. The van der Waals surface area contributed by atoms with Crippen molar-refractivity contribution in [2.75, 3.05) is 19.0 Å². The van der Waals surface area contributed by atoms with Gasteiger partial charge < -0.3 is 4.90 Å². The monoisotopic (exact) mass is 337 g/mol. The van der Waals surface area contributed by atoms with E-state index in [-0.39, 0.29) is 0 Å². The van der Waals surface area contributed by atoms with Crippen molar-refractivity contribution in [1.29, 1.82) is 0 Å². The van der Waals surface area contributed by atoms with Gasteiger partial charge in [0.05, 0.1) is 0 Å². The van der Waals surface area contributed by atoms with Crippen molar-refractivity contribution in [3.05, 3.63) is 51.6 Å². The van der Waals surface area contributed by atoms with Crippen molar-refractivity contribution in [2.45, 2.75) is 6.92 Å². The van der Waals surface area contributed by atoms with Crippen LogP contribution in [0.4, 0.5) is 5.69 Å². The van der Waals surface area contributed by atoms with E-state index in [4.69, 9.17) is 0 Å². The molecule has 0 aliphatic rings. The van der Waals surface area contributed by atoms with E-state index in [2.05, 4.69) is 91.0 Å². The zero-order valence-corrected chi connectivity index (χ0v) is 12.5. The van der Waals surface area contributed by atoms with Crippen molar-refractivity contribution in [1.82, 2.24) is 0 Å². The Bertz CT molecular complexity index is 515. The summed E-state index contributed by atoms with van der Waals surface area (Å²) in [5, 5.41) is 0. The van der Waals surface area contributed by atoms with Gasteiger partial charge in [0.25, 0.3) is 0 Å². The maximum Gasteiger partial charge on any atom is 0.0361 e. The van der Waals surface area contributed by atoms with E-state index in [1.807, 2.05) is 0 Å². The first-order chi connectivity index (χ1) is 8.08. The fraction of sp³-hybridized carbons (Fsp3) is 0.200. The SMILES string of the molecule is Cc1ccc(I)c(-c2ccc(N(C)C)cc2)c1. The van der Waals surface area contributed by atoms with Crippen molar-refractivity contribution < 1.29 is 0 Å². The fourth-order valence-corrected chi connectivity index (χ4v) is 2.45. The number of nitrogens with zero attached hydrogens (tertiary/aromatic N) is 1. The van der Waals surface area contributed by atoms with Gasteiger partial charge in [-0.05, 0) is 58.8 Å². The molecule has 0 N–H and O–H groups in total. The molecule has 0 fully saturated rings. The molecule has 17 heavy (non-hydrogen) atoms. The molecule has 2 aromatic carbocycles. The molecule has 0 radical (unpaired) electrons. The first-order valence-corrected chi connectivity index (χ1v) is 6.70. The number of benzene rings is 2. The molecular formula is C15H16IN. The number of anilines is 1. The van der Waals surface area contributed by atoms with E-state index >= 15 is 0 Å². The molecule has 0 aliphatic heterocycles. The van der Waals surface area contributed by atoms with E-state index in [1.54, 1.807) is 0 Å². The van der Waals surface area contributed by atoms with Gasteiger partial charge in [-0.25, -0.2) is 0 Å². The topological polar surface area (TPSA) is 3.24 Å². The Kier molecular flexibility index (Phi) is 3.72. The molecule has 0 aromatic heterocycles. The molecule has 0 amide bonds. The Morgan fingerprint density at radius 3 is 2.18 bits per heavy atom. The summed E-state index contributed by atoms with van der Waals surface area (Å²) in [4.78, 5) is 2.12. The molecule has 0 aliphatic carbocycles. The van der Waals surface area contributed by atoms with E-state index in [0.717, 1.165) is 0 Å². The quantitative estimate of drug-likeness (QED) is 0.737. The molecule has 0 atom stereocenters. The molecule has 2 aromatic rings. The zero-order chi connectivity index (χ0) is 12.4. The highest BCUT2D eigenvalue weighted by Crippen LogP contribution is 2.27. The molecule has 88 valence electrons. The Hall–Kier alpha value is -1.03. The first-order valence-electron chi connectivity index (χ1n) is 5.62. The van der Waals surface area contributed by atoms with Crippen LogP contribution in [0.15, 0.2) is 42.5 Å². The molecule has 2 heteroatoms. The Morgan fingerprint density at radius 1 is 0.941 bits per heavy atom. The average molecular weight is 337 g/mol. The second-order valence-electron chi connectivity index (χ2n) is 4.42. The molecule has 0 saturated carbocycles. The molecule has 0 spiro atoms. The summed E-state index contributed by atoms with van der Waals surface area (Å²) in [5.74, 6) is 0. The second-order valence-corrected chi connectivity index (χ2v) is 5.59.